The molecule has 4 rings (SSSR count). The second-order valence-electron chi connectivity index (χ2n) is 7.26. The van der Waals surface area contributed by atoms with E-state index in [1.165, 1.54) is 11.1 Å². The van der Waals surface area contributed by atoms with E-state index in [2.05, 4.69) is 22.3 Å². The Morgan fingerprint density at radius 3 is 2.32 bits per heavy atom. The Labute approximate surface area is 165 Å². The van der Waals surface area contributed by atoms with E-state index in [0.717, 1.165) is 17.7 Å². The molecule has 1 aliphatic heterocycles. The zero-order chi connectivity index (χ0) is 19.3. The van der Waals surface area contributed by atoms with Gasteiger partial charge in [-0.1, -0.05) is 66.7 Å². The van der Waals surface area contributed by atoms with Gasteiger partial charge in [-0.2, -0.15) is 0 Å². The minimum atomic E-state index is -0.215. The number of fused-ring (bicyclic) bond motifs is 1. The van der Waals surface area contributed by atoms with Gasteiger partial charge >= 0.3 is 0 Å². The predicted octanol–water partition coefficient (Wildman–Crippen LogP) is 3.64. The summed E-state index contributed by atoms with van der Waals surface area (Å²) in [6.07, 6.45) is 0.703. The van der Waals surface area contributed by atoms with E-state index >= 15 is 0 Å². The molecule has 2 N–H and O–H groups in total. The minimum absolute atomic E-state index is 0.0529. The molecule has 0 aromatic heterocycles. The van der Waals surface area contributed by atoms with E-state index < -0.39 is 0 Å². The molecule has 0 spiro atoms. The van der Waals surface area contributed by atoms with E-state index in [-0.39, 0.29) is 17.7 Å². The zero-order valence-corrected chi connectivity index (χ0v) is 15.7. The first-order valence-corrected chi connectivity index (χ1v) is 9.59. The van der Waals surface area contributed by atoms with Crippen molar-refractivity contribution in [1.82, 2.24) is 10.2 Å². The highest BCUT2D eigenvalue weighted by atomic mass is 16.3. The molecule has 142 valence electrons. The van der Waals surface area contributed by atoms with Gasteiger partial charge in [-0.15, -0.1) is 0 Å². The number of phenolic OH excluding ortho intramolecular Hbond substituents is 1. The summed E-state index contributed by atoms with van der Waals surface area (Å²) in [7, 11) is 0. The molecule has 0 saturated heterocycles. The van der Waals surface area contributed by atoms with Gasteiger partial charge < -0.3 is 10.4 Å². The molecule has 0 radical (unpaired) electrons. The summed E-state index contributed by atoms with van der Waals surface area (Å²) in [4.78, 5) is 15.3. The lowest BCUT2D eigenvalue weighted by atomic mass is 9.93. The van der Waals surface area contributed by atoms with Crippen molar-refractivity contribution in [2.24, 2.45) is 0 Å². The lowest BCUT2D eigenvalue weighted by molar-refractivity contribution is -0.127. The van der Waals surface area contributed by atoms with Gasteiger partial charge in [0, 0.05) is 19.6 Å². The van der Waals surface area contributed by atoms with Crippen LogP contribution >= 0.6 is 0 Å². The number of aromatic hydroxyl groups is 1. The quantitative estimate of drug-likeness (QED) is 0.719. The Morgan fingerprint density at radius 1 is 0.893 bits per heavy atom. The molecule has 1 atom stereocenters. The van der Waals surface area contributed by atoms with Gasteiger partial charge in [0.05, 0.1) is 6.04 Å². The molecule has 0 bridgehead atoms. The van der Waals surface area contributed by atoms with Gasteiger partial charge in [0.25, 0.3) is 0 Å². The largest absolute Gasteiger partial charge is 0.508 e. The maximum absolute atomic E-state index is 13.0. The number of amides is 1. The number of nitrogens with zero attached hydrogens (tertiary/aromatic N) is 1. The molecule has 1 unspecified atom stereocenters. The van der Waals surface area contributed by atoms with Gasteiger partial charge in [0.2, 0.25) is 5.91 Å². The third-order valence-corrected chi connectivity index (χ3v) is 5.28. The van der Waals surface area contributed by atoms with Gasteiger partial charge in [-0.3, -0.25) is 9.69 Å². The van der Waals surface area contributed by atoms with Crippen molar-refractivity contribution in [2.45, 2.75) is 32.1 Å². The molecule has 4 heteroatoms. The summed E-state index contributed by atoms with van der Waals surface area (Å²) in [5, 5.41) is 12.6. The summed E-state index contributed by atoms with van der Waals surface area (Å²) >= 11 is 0. The van der Waals surface area contributed by atoms with Gasteiger partial charge in [-0.25, -0.2) is 0 Å². The third-order valence-electron chi connectivity index (χ3n) is 5.28. The highest BCUT2D eigenvalue weighted by Crippen LogP contribution is 2.25. The maximum atomic E-state index is 13.0. The fourth-order valence-corrected chi connectivity index (χ4v) is 3.74. The molecule has 4 nitrogen and oxygen atoms in total. The van der Waals surface area contributed by atoms with Crippen LogP contribution in [0.1, 0.15) is 22.3 Å². The molecule has 28 heavy (non-hydrogen) atoms. The monoisotopic (exact) mass is 372 g/mol. The summed E-state index contributed by atoms with van der Waals surface area (Å²) in [5.74, 6) is 0.307. The summed E-state index contributed by atoms with van der Waals surface area (Å²) in [5.41, 5.74) is 4.69. The van der Waals surface area contributed by atoms with E-state index in [0.29, 0.717) is 19.5 Å². The number of hydrogen-bond donors (Lipinski definition) is 2. The van der Waals surface area contributed by atoms with Crippen molar-refractivity contribution in [1.29, 1.82) is 0 Å². The molecule has 1 amide bonds. The number of carbonyl (C=O) groups excluding carboxylic acids is 1. The van der Waals surface area contributed by atoms with Crippen LogP contribution in [0.3, 0.4) is 0 Å². The van der Waals surface area contributed by atoms with Crippen LogP contribution in [0.4, 0.5) is 0 Å². The third kappa shape index (κ3) is 4.24. The highest BCUT2D eigenvalue weighted by molar-refractivity contribution is 5.82. The normalized spacial score (nSPS) is 16.4. The Kier molecular flexibility index (Phi) is 5.40. The Balaban J connectivity index is 1.52. The van der Waals surface area contributed by atoms with E-state index in [4.69, 9.17) is 0 Å². The molecular weight excluding hydrogens is 348 g/mol. The number of nitrogens with one attached hydrogen (secondary N) is 1. The van der Waals surface area contributed by atoms with Gasteiger partial charge in [-0.05, 0) is 40.8 Å². The number of benzene rings is 3. The molecule has 0 aliphatic carbocycles. The van der Waals surface area contributed by atoms with Gasteiger partial charge in [0.1, 0.15) is 5.75 Å². The molecule has 3 aromatic rings. The first-order chi connectivity index (χ1) is 13.7. The SMILES string of the molecule is O=C(NCc1ccccc1)C1Cc2ccccc2CN1Cc1ccc(O)cc1. The van der Waals surface area contributed by atoms with Crippen molar-refractivity contribution in [2.75, 3.05) is 0 Å². The van der Waals surface area contributed by atoms with Crippen molar-refractivity contribution in [3.8, 4) is 5.75 Å². The topological polar surface area (TPSA) is 52.6 Å². The molecule has 1 heterocycles. The lowest BCUT2D eigenvalue weighted by Crippen LogP contribution is -2.49. The number of carbonyl (C=O) groups is 1. The van der Waals surface area contributed by atoms with E-state index in [9.17, 15) is 9.90 Å². The summed E-state index contributed by atoms with van der Waals surface area (Å²) in [6.45, 7) is 1.93. The van der Waals surface area contributed by atoms with Crippen molar-refractivity contribution in [3.05, 3.63) is 101 Å². The zero-order valence-electron chi connectivity index (χ0n) is 15.7. The first kappa shape index (κ1) is 18.3. The average molecular weight is 372 g/mol. The van der Waals surface area contributed by atoms with Crippen LogP contribution in [0, 0.1) is 0 Å². The standard InChI is InChI=1S/C24H24N2O2/c27-22-12-10-19(11-13-22)16-26-17-21-9-5-4-8-20(21)14-23(26)24(28)25-15-18-6-2-1-3-7-18/h1-13,23,27H,14-17H2,(H,25,28). The van der Waals surface area contributed by atoms with Crippen LogP contribution in [0.2, 0.25) is 0 Å². The molecule has 1 aliphatic rings. The van der Waals surface area contributed by atoms with Crippen LogP contribution < -0.4 is 5.32 Å². The Hall–Kier alpha value is -3.11. The predicted molar refractivity (Wildman–Crippen MR) is 110 cm³/mol. The average Bonchev–Trinajstić information content (AvgIpc) is 2.74. The van der Waals surface area contributed by atoms with Crippen LogP contribution in [0.15, 0.2) is 78.9 Å². The second kappa shape index (κ2) is 8.28. The van der Waals surface area contributed by atoms with Crippen LogP contribution in [0.5, 0.6) is 5.75 Å². The van der Waals surface area contributed by atoms with E-state index in [1.54, 1.807) is 12.1 Å². The molecule has 3 aromatic carbocycles. The Morgan fingerprint density at radius 2 is 1.57 bits per heavy atom. The van der Waals surface area contributed by atoms with Crippen molar-refractivity contribution in [3.63, 3.8) is 0 Å². The first-order valence-electron chi connectivity index (χ1n) is 9.59. The maximum Gasteiger partial charge on any atom is 0.237 e. The fraction of sp³-hybridized carbons (Fsp3) is 0.208. The lowest BCUT2D eigenvalue weighted by Gasteiger charge is -2.36. The summed E-state index contributed by atoms with van der Waals surface area (Å²) in [6, 6.07) is 25.3. The van der Waals surface area contributed by atoms with Crippen LogP contribution in [-0.2, 0) is 30.8 Å². The number of phenols is 1. The number of rotatable bonds is 5. The van der Waals surface area contributed by atoms with E-state index in [1.807, 2.05) is 54.6 Å². The fourth-order valence-electron chi connectivity index (χ4n) is 3.74. The van der Waals surface area contributed by atoms with Crippen molar-refractivity contribution < 1.29 is 9.90 Å². The molecule has 0 saturated carbocycles. The van der Waals surface area contributed by atoms with Crippen LogP contribution in [-0.4, -0.2) is 22.0 Å². The minimum Gasteiger partial charge on any atom is -0.508 e. The second-order valence-corrected chi connectivity index (χ2v) is 7.26. The summed E-state index contributed by atoms with van der Waals surface area (Å²) < 4.78 is 0. The number of hydrogen-bond acceptors (Lipinski definition) is 3. The Bertz CT molecular complexity index is 938. The highest BCUT2D eigenvalue weighted by Gasteiger charge is 2.31. The van der Waals surface area contributed by atoms with Crippen LogP contribution in [0.25, 0.3) is 0 Å². The van der Waals surface area contributed by atoms with Crippen molar-refractivity contribution >= 4 is 5.91 Å². The smallest absolute Gasteiger partial charge is 0.237 e. The molecular formula is C24H24N2O2. The van der Waals surface area contributed by atoms with Gasteiger partial charge in [0.15, 0.2) is 0 Å². The molecule has 0 fully saturated rings.